The predicted molar refractivity (Wildman–Crippen MR) is 85.7 cm³/mol. The fraction of sp³-hybridized carbons (Fsp3) is 1.00. The van der Waals surface area contributed by atoms with Crippen LogP contribution in [0.3, 0.4) is 0 Å². The van der Waals surface area contributed by atoms with Gasteiger partial charge in [-0.2, -0.15) is 0 Å². The maximum atomic E-state index is 4.06. The number of hydrogen-bond acceptors (Lipinski definition) is 2. The lowest BCUT2D eigenvalue weighted by atomic mass is 9.71. The number of nitrogens with one attached hydrogen (secondary N) is 2. The predicted octanol–water partition coefficient (Wildman–Crippen LogP) is 4.25. The van der Waals surface area contributed by atoms with Gasteiger partial charge in [-0.15, -0.1) is 0 Å². The molecule has 1 fully saturated rings. The van der Waals surface area contributed by atoms with Crippen LogP contribution in [0.25, 0.3) is 0 Å². The summed E-state index contributed by atoms with van der Waals surface area (Å²) in [5.74, 6) is 0. The molecule has 0 aromatic carbocycles. The Bertz CT molecular complexity index is 222. The van der Waals surface area contributed by atoms with E-state index in [4.69, 9.17) is 0 Å². The first-order valence-electron chi connectivity index (χ1n) is 8.62. The zero-order chi connectivity index (χ0) is 14.4. The highest BCUT2D eigenvalue weighted by molar-refractivity contribution is 5.05. The Balaban J connectivity index is 2.77. The van der Waals surface area contributed by atoms with E-state index in [1.807, 2.05) is 0 Å². The highest BCUT2D eigenvalue weighted by atomic mass is 15.1. The second-order valence-corrected chi connectivity index (χ2v) is 6.51. The first-order chi connectivity index (χ1) is 9.09. The fourth-order valence-corrected chi connectivity index (χ4v) is 3.74. The van der Waals surface area contributed by atoms with Gasteiger partial charge >= 0.3 is 0 Å². The van der Waals surface area contributed by atoms with Crippen molar-refractivity contribution in [3.8, 4) is 0 Å². The number of piperidine rings is 1. The van der Waals surface area contributed by atoms with Gasteiger partial charge in [-0.05, 0) is 51.5 Å². The van der Waals surface area contributed by atoms with Crippen molar-refractivity contribution in [1.82, 2.24) is 10.6 Å². The van der Waals surface area contributed by atoms with E-state index in [0.29, 0.717) is 17.1 Å². The second kappa shape index (κ2) is 7.64. The summed E-state index contributed by atoms with van der Waals surface area (Å²) in [5.41, 5.74) is 0.711. The summed E-state index contributed by atoms with van der Waals surface area (Å²) >= 11 is 0. The van der Waals surface area contributed by atoms with Crippen molar-refractivity contribution in [3.05, 3.63) is 0 Å². The molecule has 1 rings (SSSR count). The maximum Gasteiger partial charge on any atom is 0.0196 e. The fourth-order valence-electron chi connectivity index (χ4n) is 3.74. The molecular weight excluding hydrogens is 232 g/mol. The van der Waals surface area contributed by atoms with Gasteiger partial charge in [0.1, 0.15) is 0 Å². The standard InChI is InChI=1S/C17H36N2/c1-6-11-12-18-15-13-16(7-2,8-3)19-17(9-4,10-5)14-15/h15,18-19H,6-14H2,1-5H3. The summed E-state index contributed by atoms with van der Waals surface area (Å²) in [5, 5.41) is 7.89. The molecule has 0 saturated carbocycles. The van der Waals surface area contributed by atoms with E-state index in [0.717, 1.165) is 0 Å². The molecule has 0 unspecified atom stereocenters. The van der Waals surface area contributed by atoms with Crippen LogP contribution in [-0.4, -0.2) is 23.7 Å². The topological polar surface area (TPSA) is 24.1 Å². The van der Waals surface area contributed by atoms with Crippen LogP contribution in [-0.2, 0) is 0 Å². The van der Waals surface area contributed by atoms with Gasteiger partial charge in [-0.25, -0.2) is 0 Å². The average Bonchev–Trinajstić information content (AvgIpc) is 2.47. The zero-order valence-corrected chi connectivity index (χ0v) is 13.9. The minimum Gasteiger partial charge on any atom is -0.314 e. The van der Waals surface area contributed by atoms with Gasteiger partial charge in [-0.3, -0.25) is 0 Å². The molecule has 0 amide bonds. The van der Waals surface area contributed by atoms with Crippen molar-refractivity contribution in [3.63, 3.8) is 0 Å². The number of rotatable bonds is 8. The Kier molecular flexibility index (Phi) is 6.82. The summed E-state index contributed by atoms with van der Waals surface area (Å²) in [7, 11) is 0. The Labute approximate surface area is 121 Å². The van der Waals surface area contributed by atoms with Crippen molar-refractivity contribution in [1.29, 1.82) is 0 Å². The van der Waals surface area contributed by atoms with Gasteiger partial charge in [0.05, 0.1) is 0 Å². The molecule has 1 saturated heterocycles. The molecule has 2 N–H and O–H groups in total. The minimum atomic E-state index is 0.355. The van der Waals surface area contributed by atoms with E-state index in [-0.39, 0.29) is 0 Å². The molecule has 0 atom stereocenters. The molecule has 0 spiro atoms. The monoisotopic (exact) mass is 268 g/mol. The molecular formula is C17H36N2. The van der Waals surface area contributed by atoms with Crippen molar-refractivity contribution < 1.29 is 0 Å². The van der Waals surface area contributed by atoms with E-state index in [2.05, 4.69) is 45.3 Å². The van der Waals surface area contributed by atoms with Crippen LogP contribution >= 0.6 is 0 Å². The van der Waals surface area contributed by atoms with E-state index in [9.17, 15) is 0 Å². The molecule has 0 aromatic rings. The summed E-state index contributed by atoms with van der Waals surface area (Å²) < 4.78 is 0. The van der Waals surface area contributed by atoms with Gasteiger partial charge in [0, 0.05) is 17.1 Å². The van der Waals surface area contributed by atoms with Crippen molar-refractivity contribution in [2.75, 3.05) is 6.54 Å². The van der Waals surface area contributed by atoms with Gasteiger partial charge in [0.2, 0.25) is 0 Å². The summed E-state index contributed by atoms with van der Waals surface area (Å²) in [4.78, 5) is 0. The lowest BCUT2D eigenvalue weighted by Crippen LogP contribution is -2.65. The van der Waals surface area contributed by atoms with Crippen LogP contribution in [0.1, 0.15) is 86.0 Å². The summed E-state index contributed by atoms with van der Waals surface area (Å²) in [6, 6.07) is 0.701. The molecule has 1 heterocycles. The van der Waals surface area contributed by atoms with Gasteiger partial charge < -0.3 is 10.6 Å². The second-order valence-electron chi connectivity index (χ2n) is 6.51. The van der Waals surface area contributed by atoms with Crippen molar-refractivity contribution >= 4 is 0 Å². The normalized spacial score (nSPS) is 22.6. The molecule has 19 heavy (non-hydrogen) atoms. The van der Waals surface area contributed by atoms with Crippen LogP contribution in [0.2, 0.25) is 0 Å². The molecule has 2 heteroatoms. The molecule has 0 bridgehead atoms. The molecule has 2 nitrogen and oxygen atoms in total. The minimum absolute atomic E-state index is 0.355. The van der Waals surface area contributed by atoms with Gasteiger partial charge in [-0.1, -0.05) is 41.0 Å². The Hall–Kier alpha value is -0.0800. The Morgan fingerprint density at radius 2 is 1.37 bits per heavy atom. The van der Waals surface area contributed by atoms with Crippen molar-refractivity contribution in [2.45, 2.75) is 103 Å². The Morgan fingerprint density at radius 1 is 0.895 bits per heavy atom. The molecule has 0 aliphatic carbocycles. The first kappa shape index (κ1) is 17.0. The Morgan fingerprint density at radius 3 is 1.74 bits per heavy atom. The van der Waals surface area contributed by atoms with Crippen LogP contribution in [0.4, 0.5) is 0 Å². The van der Waals surface area contributed by atoms with E-state index in [1.165, 1.54) is 57.9 Å². The van der Waals surface area contributed by atoms with Crippen LogP contribution < -0.4 is 10.6 Å². The molecule has 1 aliphatic heterocycles. The third kappa shape index (κ3) is 4.19. The zero-order valence-electron chi connectivity index (χ0n) is 13.9. The average molecular weight is 268 g/mol. The lowest BCUT2D eigenvalue weighted by molar-refractivity contribution is 0.0840. The number of hydrogen-bond donors (Lipinski definition) is 2. The first-order valence-corrected chi connectivity index (χ1v) is 8.62. The van der Waals surface area contributed by atoms with Crippen LogP contribution in [0.15, 0.2) is 0 Å². The van der Waals surface area contributed by atoms with E-state index in [1.54, 1.807) is 0 Å². The van der Waals surface area contributed by atoms with Crippen molar-refractivity contribution in [2.24, 2.45) is 0 Å². The lowest BCUT2D eigenvalue weighted by Gasteiger charge is -2.52. The maximum absolute atomic E-state index is 4.06. The summed E-state index contributed by atoms with van der Waals surface area (Å²) in [6.45, 7) is 12.9. The molecule has 1 aliphatic rings. The smallest absolute Gasteiger partial charge is 0.0196 e. The van der Waals surface area contributed by atoms with E-state index < -0.39 is 0 Å². The largest absolute Gasteiger partial charge is 0.314 e. The molecule has 0 aromatic heterocycles. The SMILES string of the molecule is CCCCNC1CC(CC)(CC)NC(CC)(CC)C1. The summed E-state index contributed by atoms with van der Waals surface area (Å²) in [6.07, 6.45) is 10.2. The van der Waals surface area contributed by atoms with Gasteiger partial charge in [0.25, 0.3) is 0 Å². The highest BCUT2D eigenvalue weighted by Gasteiger charge is 2.43. The molecule has 0 radical (unpaired) electrons. The van der Waals surface area contributed by atoms with E-state index >= 15 is 0 Å². The third-order valence-corrected chi connectivity index (χ3v) is 5.48. The quantitative estimate of drug-likeness (QED) is 0.643. The highest BCUT2D eigenvalue weighted by Crippen LogP contribution is 2.37. The van der Waals surface area contributed by atoms with Gasteiger partial charge in [0.15, 0.2) is 0 Å². The van der Waals surface area contributed by atoms with Crippen LogP contribution in [0.5, 0.6) is 0 Å². The molecule has 114 valence electrons. The number of unbranched alkanes of at least 4 members (excludes halogenated alkanes) is 1. The third-order valence-electron chi connectivity index (χ3n) is 5.48. The van der Waals surface area contributed by atoms with Crippen LogP contribution in [0, 0.1) is 0 Å².